The van der Waals surface area contributed by atoms with Crippen molar-refractivity contribution in [3.63, 3.8) is 0 Å². The van der Waals surface area contributed by atoms with Crippen molar-refractivity contribution in [3.8, 4) is 0 Å². The third kappa shape index (κ3) is 4.15. The third-order valence-electron chi connectivity index (χ3n) is 3.46. The number of thiophene rings is 1. The first kappa shape index (κ1) is 15.2. The van der Waals surface area contributed by atoms with E-state index in [0.717, 1.165) is 0 Å². The lowest BCUT2D eigenvalue weighted by molar-refractivity contribution is -0.0504. The molecule has 2 aromatic rings. The van der Waals surface area contributed by atoms with E-state index in [0.29, 0.717) is 13.1 Å². The maximum Gasteiger partial charge on any atom is 0.250 e. The quantitative estimate of drug-likeness (QED) is 0.845. The van der Waals surface area contributed by atoms with Crippen LogP contribution in [-0.2, 0) is 0 Å². The van der Waals surface area contributed by atoms with Crippen LogP contribution in [-0.4, -0.2) is 38.0 Å². The maximum atomic E-state index is 12.4. The molecule has 0 atom stereocenters. The Morgan fingerprint density at radius 3 is 2.50 bits per heavy atom. The number of fused-ring (bicyclic) bond motifs is 1. The molecule has 20 heavy (non-hydrogen) atoms. The Bertz CT molecular complexity index is 544. The molecule has 2 nitrogen and oxygen atoms in total. The summed E-state index contributed by atoms with van der Waals surface area (Å²) in [4.78, 5) is 1.93. The Morgan fingerprint density at radius 1 is 1.20 bits per heavy atom. The van der Waals surface area contributed by atoms with E-state index in [9.17, 15) is 8.78 Å². The minimum Gasteiger partial charge on any atom is -0.388 e. The maximum absolute atomic E-state index is 12.4. The summed E-state index contributed by atoms with van der Waals surface area (Å²) < 4.78 is 26.0. The molecule has 1 fully saturated rings. The molecule has 1 N–H and O–H groups in total. The van der Waals surface area contributed by atoms with E-state index < -0.39 is 5.92 Å². The number of hydrogen-bond acceptors (Lipinski definition) is 3. The van der Waals surface area contributed by atoms with Gasteiger partial charge in [0.25, 0.3) is 5.92 Å². The Labute approximate surface area is 122 Å². The topological polar surface area (TPSA) is 15.3 Å². The summed E-state index contributed by atoms with van der Waals surface area (Å²) in [6, 6.07) is 8.53. The van der Waals surface area contributed by atoms with Gasteiger partial charge in [0.2, 0.25) is 0 Å². The monoisotopic (exact) mass is 298 g/mol. The van der Waals surface area contributed by atoms with Gasteiger partial charge in [-0.1, -0.05) is 6.07 Å². The van der Waals surface area contributed by atoms with Crippen molar-refractivity contribution in [2.75, 3.05) is 32.5 Å². The molecule has 0 radical (unpaired) electrons. The van der Waals surface area contributed by atoms with E-state index in [1.807, 2.05) is 19.0 Å². The number of nitrogens with zero attached hydrogens (tertiary/aromatic N) is 1. The van der Waals surface area contributed by atoms with Gasteiger partial charge >= 0.3 is 0 Å². The van der Waals surface area contributed by atoms with Crippen LogP contribution in [0.15, 0.2) is 29.6 Å². The largest absolute Gasteiger partial charge is 0.388 e. The summed E-state index contributed by atoms with van der Waals surface area (Å²) in [6.07, 6.45) is 0.0625. The van der Waals surface area contributed by atoms with Crippen LogP contribution in [0.4, 0.5) is 14.5 Å². The summed E-state index contributed by atoms with van der Waals surface area (Å²) in [5.41, 5.74) is 1.18. The highest BCUT2D eigenvalue weighted by Gasteiger charge is 2.32. The van der Waals surface area contributed by atoms with E-state index in [1.54, 1.807) is 11.3 Å². The Balaban J connectivity index is 0.000000151. The minimum absolute atomic E-state index is 0.0312. The van der Waals surface area contributed by atoms with Gasteiger partial charge in [0.05, 0.1) is 0 Å². The van der Waals surface area contributed by atoms with Crippen LogP contribution in [0.1, 0.15) is 12.8 Å². The molecule has 1 aromatic carbocycles. The molecular formula is C15H20F2N2S. The summed E-state index contributed by atoms with van der Waals surface area (Å²) >= 11 is 1.78. The van der Waals surface area contributed by atoms with Gasteiger partial charge in [0.1, 0.15) is 0 Å². The zero-order valence-corrected chi connectivity index (χ0v) is 12.6. The zero-order chi connectivity index (χ0) is 14.6. The number of benzene rings is 1. The number of piperidine rings is 1. The van der Waals surface area contributed by atoms with E-state index in [4.69, 9.17) is 0 Å². The number of anilines is 1. The molecule has 0 bridgehead atoms. The number of rotatable bonds is 1. The van der Waals surface area contributed by atoms with Crippen LogP contribution in [0.3, 0.4) is 0 Å². The zero-order valence-electron chi connectivity index (χ0n) is 11.8. The van der Waals surface area contributed by atoms with Gasteiger partial charge in [-0.25, -0.2) is 8.78 Å². The number of hydrogen-bond donors (Lipinski definition) is 1. The van der Waals surface area contributed by atoms with Gasteiger partial charge in [-0.3, -0.25) is 0 Å². The van der Waals surface area contributed by atoms with Crippen LogP contribution in [0, 0.1) is 0 Å². The highest BCUT2D eigenvalue weighted by molar-refractivity contribution is 7.17. The van der Waals surface area contributed by atoms with Gasteiger partial charge in [0, 0.05) is 43.4 Å². The van der Waals surface area contributed by atoms with Crippen molar-refractivity contribution in [2.24, 2.45) is 0 Å². The first-order valence-corrected chi connectivity index (χ1v) is 7.59. The van der Waals surface area contributed by atoms with Crippen LogP contribution in [0.25, 0.3) is 10.1 Å². The Hall–Kier alpha value is -1.20. The number of alkyl halides is 2. The first-order chi connectivity index (χ1) is 9.50. The normalized spacial score (nSPS) is 18.4. The molecule has 110 valence electrons. The van der Waals surface area contributed by atoms with Gasteiger partial charge in [-0.15, -0.1) is 11.3 Å². The van der Waals surface area contributed by atoms with Crippen molar-refractivity contribution < 1.29 is 8.78 Å². The van der Waals surface area contributed by atoms with Crippen molar-refractivity contribution in [3.05, 3.63) is 29.6 Å². The summed E-state index contributed by atoms with van der Waals surface area (Å²) in [5.74, 6) is -2.38. The summed E-state index contributed by atoms with van der Waals surface area (Å²) in [5, 5.41) is 6.56. The second kappa shape index (κ2) is 6.50. The molecule has 1 saturated heterocycles. The molecule has 1 aliphatic rings. The van der Waals surface area contributed by atoms with E-state index in [1.165, 1.54) is 15.8 Å². The minimum atomic E-state index is -2.38. The van der Waals surface area contributed by atoms with Crippen molar-refractivity contribution in [1.82, 2.24) is 4.90 Å². The molecule has 5 heteroatoms. The lowest BCUT2D eigenvalue weighted by Crippen LogP contribution is -2.36. The number of likely N-dealkylation sites (tertiary alicyclic amines) is 1. The average Bonchev–Trinajstić information content (AvgIpc) is 2.90. The fourth-order valence-electron chi connectivity index (χ4n) is 2.06. The highest BCUT2D eigenvalue weighted by atomic mass is 32.1. The van der Waals surface area contributed by atoms with Gasteiger partial charge in [-0.2, -0.15) is 0 Å². The van der Waals surface area contributed by atoms with E-state index in [-0.39, 0.29) is 12.8 Å². The highest BCUT2D eigenvalue weighted by Crippen LogP contribution is 2.26. The lowest BCUT2D eigenvalue weighted by atomic mass is 10.1. The van der Waals surface area contributed by atoms with Gasteiger partial charge < -0.3 is 10.2 Å². The van der Waals surface area contributed by atoms with Crippen LogP contribution < -0.4 is 5.32 Å². The van der Waals surface area contributed by atoms with Gasteiger partial charge in [0.15, 0.2) is 0 Å². The molecule has 1 aromatic heterocycles. The van der Waals surface area contributed by atoms with Crippen LogP contribution in [0.5, 0.6) is 0 Å². The molecule has 0 saturated carbocycles. The van der Waals surface area contributed by atoms with Crippen LogP contribution in [0.2, 0.25) is 0 Å². The molecule has 3 rings (SSSR count). The molecular weight excluding hydrogens is 278 g/mol. The lowest BCUT2D eigenvalue weighted by Gasteiger charge is -2.28. The van der Waals surface area contributed by atoms with Crippen molar-refractivity contribution in [2.45, 2.75) is 18.8 Å². The smallest absolute Gasteiger partial charge is 0.250 e. The first-order valence-electron chi connectivity index (χ1n) is 6.71. The molecule has 0 amide bonds. The molecule has 0 unspecified atom stereocenters. The third-order valence-corrected chi connectivity index (χ3v) is 4.34. The van der Waals surface area contributed by atoms with Crippen LogP contribution >= 0.6 is 11.3 Å². The fourth-order valence-corrected chi connectivity index (χ4v) is 2.88. The molecule has 1 aliphatic heterocycles. The predicted molar refractivity (Wildman–Crippen MR) is 83.0 cm³/mol. The second-order valence-electron chi connectivity index (χ2n) is 5.08. The Kier molecular flexibility index (Phi) is 4.94. The Morgan fingerprint density at radius 2 is 1.90 bits per heavy atom. The van der Waals surface area contributed by atoms with Crippen molar-refractivity contribution >= 4 is 27.1 Å². The second-order valence-corrected chi connectivity index (χ2v) is 6.03. The summed E-state index contributed by atoms with van der Waals surface area (Å²) in [6.45, 7) is 1.07. The fraction of sp³-hybridized carbons (Fsp3) is 0.467. The van der Waals surface area contributed by atoms with Crippen molar-refractivity contribution in [1.29, 1.82) is 0 Å². The molecule has 2 heterocycles. The molecule has 0 spiro atoms. The van der Waals surface area contributed by atoms with E-state index >= 15 is 0 Å². The number of halogens is 2. The summed E-state index contributed by atoms with van der Waals surface area (Å²) in [7, 11) is 3.81. The SMILES string of the molecule is CN1CCC(F)(F)CC1.CNc1ccc2ccsc2c1. The standard InChI is InChI=1S/C9H9NS.C6H11F2N/c1-10-8-3-2-7-4-5-11-9(7)6-8;1-9-4-2-6(7,8)3-5-9/h2-6,10H,1H3;2-5H2,1H3. The molecule has 0 aliphatic carbocycles. The van der Waals surface area contributed by atoms with E-state index in [2.05, 4.69) is 35.0 Å². The predicted octanol–water partition coefficient (Wildman–Crippen LogP) is 4.29. The number of nitrogens with one attached hydrogen (secondary N) is 1. The average molecular weight is 298 g/mol. The van der Waals surface area contributed by atoms with Gasteiger partial charge in [-0.05, 0) is 36.0 Å².